The third-order valence-electron chi connectivity index (χ3n) is 5.71. The zero-order chi connectivity index (χ0) is 28.6. The number of anilines is 1. The third-order valence-corrected chi connectivity index (χ3v) is 7.57. The topological polar surface area (TPSA) is 73.9 Å². The van der Waals surface area contributed by atoms with Gasteiger partial charge >= 0.3 is 5.97 Å². The van der Waals surface area contributed by atoms with Crippen LogP contribution in [0.15, 0.2) is 72.1 Å². The van der Waals surface area contributed by atoms with Gasteiger partial charge in [-0.25, -0.2) is 4.79 Å². The fourth-order valence-corrected chi connectivity index (χ4v) is 5.34. The highest BCUT2D eigenvalue weighted by Crippen LogP contribution is 2.37. The van der Waals surface area contributed by atoms with Crippen LogP contribution in [0.5, 0.6) is 11.5 Å². The zero-order valence-electron chi connectivity index (χ0n) is 21.5. The van der Waals surface area contributed by atoms with Crippen LogP contribution in [0.4, 0.5) is 5.00 Å². The molecule has 0 spiro atoms. The Morgan fingerprint density at radius 3 is 2.38 bits per heavy atom. The number of esters is 1. The van der Waals surface area contributed by atoms with Gasteiger partial charge in [0.15, 0.2) is 11.5 Å². The summed E-state index contributed by atoms with van der Waals surface area (Å²) in [5.74, 6) is 0.0303. The molecule has 0 aliphatic carbocycles. The Labute approximate surface area is 251 Å². The summed E-state index contributed by atoms with van der Waals surface area (Å²) in [5, 5.41) is 6.58. The number of rotatable bonds is 10. The summed E-state index contributed by atoms with van der Waals surface area (Å²) in [6, 6.07) is 17.6. The van der Waals surface area contributed by atoms with Crippen molar-refractivity contribution in [2.24, 2.45) is 0 Å². The predicted molar refractivity (Wildman–Crippen MR) is 162 cm³/mol. The Morgan fingerprint density at radius 1 is 0.975 bits per heavy atom. The number of hydrogen-bond donors (Lipinski definition) is 1. The second kappa shape index (κ2) is 13.7. The largest absolute Gasteiger partial charge is 0.493 e. The van der Waals surface area contributed by atoms with Crippen LogP contribution in [0.2, 0.25) is 15.1 Å². The van der Waals surface area contributed by atoms with Crippen molar-refractivity contribution in [1.82, 2.24) is 0 Å². The van der Waals surface area contributed by atoms with Gasteiger partial charge in [0.05, 0.1) is 13.7 Å². The minimum absolute atomic E-state index is 0.161. The molecule has 206 valence electrons. The fraction of sp³-hybridized carbons (Fsp3) is 0.133. The van der Waals surface area contributed by atoms with E-state index in [-0.39, 0.29) is 18.8 Å². The molecule has 4 rings (SSSR count). The Balaban J connectivity index is 1.49. The molecule has 0 saturated heterocycles. The van der Waals surface area contributed by atoms with Crippen molar-refractivity contribution in [2.75, 3.05) is 19.0 Å². The van der Waals surface area contributed by atoms with Crippen LogP contribution in [0.1, 0.15) is 28.4 Å². The number of carbonyl (C=O) groups is 2. The van der Waals surface area contributed by atoms with Crippen molar-refractivity contribution in [3.8, 4) is 22.6 Å². The summed E-state index contributed by atoms with van der Waals surface area (Å²) < 4.78 is 16.6. The Hall–Kier alpha value is -3.49. The first-order chi connectivity index (χ1) is 19.3. The van der Waals surface area contributed by atoms with Crippen LogP contribution in [-0.2, 0) is 16.1 Å². The molecule has 10 heteroatoms. The van der Waals surface area contributed by atoms with Crippen molar-refractivity contribution < 1.29 is 23.8 Å². The molecule has 3 aromatic carbocycles. The van der Waals surface area contributed by atoms with Crippen molar-refractivity contribution in [3.63, 3.8) is 0 Å². The van der Waals surface area contributed by atoms with Gasteiger partial charge in [0.25, 0.3) is 0 Å². The van der Waals surface area contributed by atoms with Gasteiger partial charge in [0.1, 0.15) is 17.2 Å². The van der Waals surface area contributed by atoms with E-state index in [4.69, 9.17) is 49.0 Å². The van der Waals surface area contributed by atoms with Gasteiger partial charge < -0.3 is 19.5 Å². The van der Waals surface area contributed by atoms with E-state index in [0.717, 1.165) is 5.56 Å². The van der Waals surface area contributed by atoms with Crippen LogP contribution >= 0.6 is 46.1 Å². The molecule has 6 nitrogen and oxygen atoms in total. The summed E-state index contributed by atoms with van der Waals surface area (Å²) in [6.45, 7) is 2.09. The van der Waals surface area contributed by atoms with E-state index in [1.165, 1.54) is 24.5 Å². The number of nitrogens with one attached hydrogen (secondary N) is 1. The minimum atomic E-state index is -0.522. The number of carbonyl (C=O) groups excluding carboxylic acids is 2. The fourth-order valence-electron chi connectivity index (χ4n) is 3.75. The molecule has 1 N–H and O–H groups in total. The molecule has 0 aliphatic rings. The number of ether oxygens (including phenoxy) is 3. The van der Waals surface area contributed by atoms with E-state index >= 15 is 0 Å². The standard InChI is InChI=1S/C30H24Cl3NO5S/c1-3-38-30(36)28-22(19-9-11-20(31)12-10-19)17-40-29(28)34-27(35)14-8-18-7-13-25(26(15-18)37-2)39-16-21-23(32)5-4-6-24(21)33/h4-15,17H,3,16H2,1-2H3,(H,34,35)/b14-8+. The van der Waals surface area contributed by atoms with E-state index < -0.39 is 11.9 Å². The third kappa shape index (κ3) is 7.17. The number of hydrogen-bond acceptors (Lipinski definition) is 6. The average Bonchev–Trinajstić information content (AvgIpc) is 3.36. The maximum Gasteiger partial charge on any atom is 0.341 e. The number of methoxy groups -OCH3 is 1. The van der Waals surface area contributed by atoms with Gasteiger partial charge in [0.2, 0.25) is 5.91 Å². The molecular weight excluding hydrogens is 593 g/mol. The average molecular weight is 617 g/mol. The predicted octanol–water partition coefficient (Wildman–Crippen LogP) is 8.79. The Morgan fingerprint density at radius 2 is 1.70 bits per heavy atom. The smallest absolute Gasteiger partial charge is 0.341 e. The first-order valence-electron chi connectivity index (χ1n) is 12.1. The molecule has 0 bridgehead atoms. The summed E-state index contributed by atoms with van der Waals surface area (Å²) in [6.07, 6.45) is 3.00. The number of halogens is 3. The van der Waals surface area contributed by atoms with Crippen molar-refractivity contribution >= 4 is 69.1 Å². The van der Waals surface area contributed by atoms with Crippen molar-refractivity contribution in [1.29, 1.82) is 0 Å². The molecule has 1 amide bonds. The molecule has 0 radical (unpaired) electrons. The second-order valence-corrected chi connectivity index (χ2v) is 10.4. The Bertz CT molecular complexity index is 1530. The van der Waals surface area contributed by atoms with Gasteiger partial charge in [0, 0.05) is 37.7 Å². The van der Waals surface area contributed by atoms with E-state index in [9.17, 15) is 9.59 Å². The highest BCUT2D eigenvalue weighted by molar-refractivity contribution is 7.15. The van der Waals surface area contributed by atoms with Crippen LogP contribution in [0.25, 0.3) is 17.2 Å². The van der Waals surface area contributed by atoms with Gasteiger partial charge in [-0.15, -0.1) is 11.3 Å². The second-order valence-electron chi connectivity index (χ2n) is 8.30. The van der Waals surface area contributed by atoms with E-state index in [0.29, 0.717) is 48.3 Å². The molecule has 1 heterocycles. The van der Waals surface area contributed by atoms with Crippen molar-refractivity contribution in [2.45, 2.75) is 13.5 Å². The normalized spacial score (nSPS) is 10.9. The maximum atomic E-state index is 12.8. The molecule has 0 fully saturated rings. The molecule has 0 saturated carbocycles. The van der Waals surface area contributed by atoms with Gasteiger partial charge in [-0.1, -0.05) is 59.1 Å². The van der Waals surface area contributed by atoms with Gasteiger partial charge in [-0.2, -0.15) is 0 Å². The molecule has 0 aliphatic heterocycles. The molecule has 0 unspecified atom stereocenters. The minimum Gasteiger partial charge on any atom is -0.493 e. The summed E-state index contributed by atoms with van der Waals surface area (Å²) in [7, 11) is 1.52. The lowest BCUT2D eigenvalue weighted by Gasteiger charge is -2.13. The van der Waals surface area contributed by atoms with Gasteiger partial charge in [-0.05, 0) is 60.5 Å². The van der Waals surface area contributed by atoms with E-state index in [1.807, 2.05) is 12.1 Å². The van der Waals surface area contributed by atoms with E-state index in [1.54, 1.807) is 66.9 Å². The summed E-state index contributed by atoms with van der Waals surface area (Å²) >= 11 is 19.7. The number of thiophene rings is 1. The van der Waals surface area contributed by atoms with Crippen LogP contribution in [0, 0.1) is 0 Å². The van der Waals surface area contributed by atoms with Crippen LogP contribution in [-0.4, -0.2) is 25.6 Å². The molecular formula is C30H24Cl3NO5S. The SMILES string of the molecule is CCOC(=O)c1c(-c2ccc(Cl)cc2)csc1NC(=O)/C=C/c1ccc(OCc2c(Cl)cccc2Cl)c(OC)c1. The lowest BCUT2D eigenvalue weighted by atomic mass is 10.0. The Kier molecular flexibility index (Phi) is 10.1. The summed E-state index contributed by atoms with van der Waals surface area (Å²) in [5.41, 5.74) is 3.10. The van der Waals surface area contributed by atoms with Crippen LogP contribution in [0.3, 0.4) is 0 Å². The molecule has 40 heavy (non-hydrogen) atoms. The lowest BCUT2D eigenvalue weighted by Crippen LogP contribution is -2.12. The lowest BCUT2D eigenvalue weighted by molar-refractivity contribution is -0.111. The monoisotopic (exact) mass is 615 g/mol. The number of amides is 1. The molecule has 0 atom stereocenters. The summed E-state index contributed by atoms with van der Waals surface area (Å²) in [4.78, 5) is 25.6. The van der Waals surface area contributed by atoms with E-state index in [2.05, 4.69) is 5.32 Å². The van der Waals surface area contributed by atoms with Crippen molar-refractivity contribution in [3.05, 3.63) is 104 Å². The first kappa shape index (κ1) is 29.5. The highest BCUT2D eigenvalue weighted by atomic mass is 35.5. The zero-order valence-corrected chi connectivity index (χ0v) is 24.6. The quantitative estimate of drug-likeness (QED) is 0.142. The highest BCUT2D eigenvalue weighted by Gasteiger charge is 2.22. The van der Waals surface area contributed by atoms with Crippen LogP contribution < -0.4 is 14.8 Å². The molecule has 1 aromatic heterocycles. The number of benzene rings is 3. The molecule has 4 aromatic rings. The first-order valence-corrected chi connectivity index (χ1v) is 14.1. The van der Waals surface area contributed by atoms with Gasteiger partial charge in [-0.3, -0.25) is 4.79 Å². The maximum absolute atomic E-state index is 12.8.